The van der Waals surface area contributed by atoms with Gasteiger partial charge in [-0.3, -0.25) is 0 Å². The monoisotopic (exact) mass is 422 g/mol. The predicted octanol–water partition coefficient (Wildman–Crippen LogP) is 8.52. The molecule has 0 nitrogen and oxygen atoms in total. The molecule has 0 bridgehead atoms. The molecule has 0 amide bonds. The van der Waals surface area contributed by atoms with E-state index in [1.165, 1.54) is 69.8 Å². The lowest BCUT2D eigenvalue weighted by Gasteiger charge is -2.47. The van der Waals surface area contributed by atoms with Crippen molar-refractivity contribution >= 4 is 8.80 Å². The third-order valence-electron chi connectivity index (χ3n) is 8.23. The zero-order valence-corrected chi connectivity index (χ0v) is 20.0. The van der Waals surface area contributed by atoms with Crippen LogP contribution in [0.15, 0.2) is 48.5 Å². The van der Waals surface area contributed by atoms with Crippen molar-refractivity contribution in [3.05, 3.63) is 59.9 Å². The second-order valence-corrected chi connectivity index (χ2v) is 13.5. The van der Waals surface area contributed by atoms with Gasteiger partial charge in [-0.15, -0.1) is 0 Å². The maximum atomic E-state index is 13.3. The maximum absolute atomic E-state index is 13.3. The van der Waals surface area contributed by atoms with E-state index < -0.39 is 8.80 Å². The second-order valence-electron chi connectivity index (χ2n) is 10.0. The van der Waals surface area contributed by atoms with Gasteiger partial charge in [-0.25, -0.2) is 4.39 Å². The first-order valence-corrected chi connectivity index (χ1v) is 15.0. The molecule has 2 aromatic rings. The van der Waals surface area contributed by atoms with Crippen molar-refractivity contribution in [3.8, 4) is 11.1 Å². The molecule has 1 heterocycles. The van der Waals surface area contributed by atoms with Crippen molar-refractivity contribution in [2.24, 2.45) is 5.92 Å². The minimum absolute atomic E-state index is 0.162. The number of rotatable bonds is 7. The third kappa shape index (κ3) is 4.90. The van der Waals surface area contributed by atoms with Crippen LogP contribution in [0, 0.1) is 11.7 Å². The fraction of sp³-hybridized carbons (Fsp3) is 0.571. The lowest BCUT2D eigenvalue weighted by Crippen LogP contribution is -2.40. The Kier molecular flexibility index (Phi) is 7.46. The van der Waals surface area contributed by atoms with Crippen LogP contribution in [0.4, 0.5) is 4.39 Å². The molecule has 2 heteroatoms. The Labute approximate surface area is 184 Å². The quantitative estimate of drug-likeness (QED) is 0.310. The summed E-state index contributed by atoms with van der Waals surface area (Å²) >= 11 is 0. The van der Waals surface area contributed by atoms with Crippen LogP contribution in [0.3, 0.4) is 0 Å². The average molecular weight is 423 g/mol. The molecule has 0 radical (unpaired) electrons. The van der Waals surface area contributed by atoms with Crippen molar-refractivity contribution in [1.82, 2.24) is 0 Å². The highest BCUT2D eigenvalue weighted by Crippen LogP contribution is 2.50. The lowest BCUT2D eigenvalue weighted by atomic mass is 9.60. The molecule has 0 aromatic heterocycles. The Morgan fingerprint density at radius 2 is 1.43 bits per heavy atom. The summed E-state index contributed by atoms with van der Waals surface area (Å²) in [6, 6.07) is 21.1. The van der Waals surface area contributed by atoms with Gasteiger partial charge in [-0.1, -0.05) is 113 Å². The van der Waals surface area contributed by atoms with Crippen LogP contribution in [0.5, 0.6) is 0 Å². The largest absolute Gasteiger partial charge is 0.207 e. The maximum Gasteiger partial charge on any atom is 0.123 e. The highest BCUT2D eigenvalue weighted by Gasteiger charge is 2.42. The molecule has 4 rings (SSSR count). The van der Waals surface area contributed by atoms with Crippen LogP contribution >= 0.6 is 0 Å². The van der Waals surface area contributed by atoms with E-state index in [1.807, 2.05) is 12.1 Å². The van der Waals surface area contributed by atoms with Gasteiger partial charge in [-0.2, -0.15) is 0 Å². The van der Waals surface area contributed by atoms with Crippen LogP contribution in [0.25, 0.3) is 11.1 Å². The van der Waals surface area contributed by atoms with Gasteiger partial charge in [-0.05, 0) is 53.0 Å². The SMILES string of the molecule is CCCCC[SiH]1CCC(C2(c3ccc(-c4ccc(F)cc4)cc3)CCCCC2)CC1. The number of hydrogen-bond donors (Lipinski definition) is 0. The van der Waals surface area contributed by atoms with Crippen LogP contribution in [0.2, 0.25) is 18.1 Å². The summed E-state index contributed by atoms with van der Waals surface area (Å²) in [5, 5.41) is 0. The Morgan fingerprint density at radius 3 is 2.03 bits per heavy atom. The summed E-state index contributed by atoms with van der Waals surface area (Å²) in [6.45, 7) is 2.33. The van der Waals surface area contributed by atoms with E-state index in [4.69, 9.17) is 0 Å². The van der Waals surface area contributed by atoms with Crippen molar-refractivity contribution in [1.29, 1.82) is 0 Å². The number of hydrogen-bond acceptors (Lipinski definition) is 0. The number of halogens is 1. The van der Waals surface area contributed by atoms with E-state index in [0.717, 1.165) is 11.5 Å². The first kappa shape index (κ1) is 21.8. The smallest absolute Gasteiger partial charge is 0.123 e. The van der Waals surface area contributed by atoms with Crippen molar-refractivity contribution in [3.63, 3.8) is 0 Å². The highest BCUT2D eigenvalue weighted by molar-refractivity contribution is 6.58. The van der Waals surface area contributed by atoms with Crippen LogP contribution < -0.4 is 0 Å². The topological polar surface area (TPSA) is 0 Å². The zero-order chi connectivity index (χ0) is 20.8. The molecule has 2 aromatic carbocycles. The van der Waals surface area contributed by atoms with Gasteiger partial charge in [0, 0.05) is 8.80 Å². The molecule has 1 aliphatic heterocycles. The van der Waals surface area contributed by atoms with Gasteiger partial charge >= 0.3 is 0 Å². The van der Waals surface area contributed by atoms with Gasteiger partial charge in [0.05, 0.1) is 0 Å². The molecule has 1 saturated heterocycles. The summed E-state index contributed by atoms with van der Waals surface area (Å²) < 4.78 is 13.3. The van der Waals surface area contributed by atoms with Gasteiger partial charge in [0.2, 0.25) is 0 Å². The van der Waals surface area contributed by atoms with Crippen LogP contribution in [-0.4, -0.2) is 8.80 Å². The highest BCUT2D eigenvalue weighted by atomic mass is 28.3. The molecular formula is C28H39FSi. The van der Waals surface area contributed by atoms with Crippen LogP contribution in [0.1, 0.15) is 76.7 Å². The summed E-state index contributed by atoms with van der Waals surface area (Å²) in [7, 11) is -0.459. The standard InChI is InChI=1S/C28H39FSi/c1-2-3-7-20-30-21-16-26(17-22-30)28(18-5-4-6-19-28)25-12-8-23(9-13-25)24-10-14-27(29)15-11-24/h8-15,26,30H,2-7,16-22H2,1H3. The first-order chi connectivity index (χ1) is 14.7. The number of benzene rings is 2. The van der Waals surface area contributed by atoms with E-state index in [0.29, 0.717) is 5.41 Å². The number of unbranched alkanes of at least 4 members (excludes halogenated alkanes) is 2. The van der Waals surface area contributed by atoms with Gasteiger partial charge in [0.15, 0.2) is 0 Å². The second kappa shape index (κ2) is 10.3. The lowest BCUT2D eigenvalue weighted by molar-refractivity contribution is 0.174. The van der Waals surface area contributed by atoms with Crippen molar-refractivity contribution < 1.29 is 4.39 Å². The molecule has 0 spiro atoms. The summed E-state index contributed by atoms with van der Waals surface area (Å²) in [5.41, 5.74) is 4.32. The molecular weight excluding hydrogens is 383 g/mol. The predicted molar refractivity (Wildman–Crippen MR) is 130 cm³/mol. The Hall–Kier alpha value is -1.41. The minimum atomic E-state index is -0.459. The van der Waals surface area contributed by atoms with Crippen LogP contribution in [-0.2, 0) is 5.41 Å². The third-order valence-corrected chi connectivity index (χ3v) is 11.8. The van der Waals surface area contributed by atoms with Gasteiger partial charge in [0.25, 0.3) is 0 Å². The molecule has 2 aliphatic rings. The van der Waals surface area contributed by atoms with Gasteiger partial charge in [0.1, 0.15) is 5.82 Å². The fourth-order valence-electron chi connectivity index (χ4n) is 6.44. The van der Waals surface area contributed by atoms with E-state index in [-0.39, 0.29) is 5.82 Å². The summed E-state index contributed by atoms with van der Waals surface area (Å²) in [4.78, 5) is 0. The summed E-state index contributed by atoms with van der Waals surface area (Å²) in [5.74, 6) is 0.731. The summed E-state index contributed by atoms with van der Waals surface area (Å²) in [6.07, 6.45) is 14.3. The average Bonchev–Trinajstić information content (AvgIpc) is 2.81. The normalized spacial score (nSPS) is 23.9. The zero-order valence-electron chi connectivity index (χ0n) is 18.8. The fourth-order valence-corrected chi connectivity index (χ4v) is 9.92. The Balaban J connectivity index is 1.49. The van der Waals surface area contributed by atoms with E-state index in [2.05, 4.69) is 31.2 Å². The Morgan fingerprint density at radius 1 is 0.833 bits per heavy atom. The molecule has 0 unspecified atom stereocenters. The molecule has 30 heavy (non-hydrogen) atoms. The molecule has 162 valence electrons. The van der Waals surface area contributed by atoms with E-state index >= 15 is 0 Å². The van der Waals surface area contributed by atoms with E-state index in [1.54, 1.807) is 35.8 Å². The molecule has 0 N–H and O–H groups in total. The van der Waals surface area contributed by atoms with Crippen molar-refractivity contribution in [2.45, 2.75) is 94.7 Å². The molecule has 2 fully saturated rings. The minimum Gasteiger partial charge on any atom is -0.207 e. The van der Waals surface area contributed by atoms with E-state index in [9.17, 15) is 4.39 Å². The Bertz CT molecular complexity index is 765. The molecule has 1 saturated carbocycles. The first-order valence-electron chi connectivity index (χ1n) is 12.6. The molecule has 0 atom stereocenters. The van der Waals surface area contributed by atoms with Gasteiger partial charge < -0.3 is 0 Å². The van der Waals surface area contributed by atoms with Crippen molar-refractivity contribution in [2.75, 3.05) is 0 Å². The molecule has 1 aliphatic carbocycles.